The van der Waals surface area contributed by atoms with Crippen molar-refractivity contribution in [2.24, 2.45) is 0 Å². The summed E-state index contributed by atoms with van der Waals surface area (Å²) in [5.74, 6) is -2.25. The number of hydrogen-bond donors (Lipinski definition) is 1. The maximum atomic E-state index is 12.8. The molecule has 0 spiro atoms. The van der Waals surface area contributed by atoms with Gasteiger partial charge < -0.3 is 9.84 Å². The first kappa shape index (κ1) is 19.1. The molecule has 1 aliphatic rings. The second-order valence-corrected chi connectivity index (χ2v) is 6.24. The van der Waals surface area contributed by atoms with Crippen molar-refractivity contribution in [3.63, 3.8) is 0 Å². The number of nitro benzene ring substituents is 1. The minimum atomic E-state index is -0.963. The van der Waals surface area contributed by atoms with Crippen LogP contribution in [0, 0.1) is 17.0 Å². The Labute approximate surface area is 160 Å². The Bertz CT molecular complexity index is 963. The normalized spacial score (nSPS) is 16.4. The lowest BCUT2D eigenvalue weighted by atomic mass is 9.98. The van der Waals surface area contributed by atoms with Crippen molar-refractivity contribution in [3.05, 3.63) is 81.1 Å². The molecule has 0 aromatic heterocycles. The number of ether oxygens (including phenoxy) is 1. The Morgan fingerprint density at radius 3 is 2.32 bits per heavy atom. The van der Waals surface area contributed by atoms with Gasteiger partial charge in [-0.15, -0.1) is 0 Å². The van der Waals surface area contributed by atoms with Gasteiger partial charge in [0.05, 0.1) is 17.6 Å². The lowest BCUT2D eigenvalue weighted by Crippen LogP contribution is -2.31. The van der Waals surface area contributed by atoms with Crippen LogP contribution in [0.4, 0.5) is 11.4 Å². The minimum Gasteiger partial charge on any atom is -0.503 e. The second kappa shape index (κ2) is 7.51. The molecule has 8 heteroatoms. The number of carbonyl (C=O) groups excluding carboxylic acids is 2. The van der Waals surface area contributed by atoms with Gasteiger partial charge in [-0.05, 0) is 43.7 Å². The number of anilines is 1. The standard InChI is InChI=1S/C20H18N2O6/c1-3-28-20(25)16-17(13-6-10-15(11-7-13)22(26)27)21(19(24)18(16)23)14-8-4-12(2)5-9-14/h4-11,17,23H,3H2,1-2H3/t17-/m0/s1. The van der Waals surface area contributed by atoms with Crippen LogP contribution in [0.25, 0.3) is 0 Å². The summed E-state index contributed by atoms with van der Waals surface area (Å²) in [6.45, 7) is 3.58. The highest BCUT2D eigenvalue weighted by atomic mass is 16.6. The third kappa shape index (κ3) is 3.32. The van der Waals surface area contributed by atoms with Crippen molar-refractivity contribution < 1.29 is 24.4 Å². The maximum absolute atomic E-state index is 12.8. The molecule has 3 rings (SSSR count). The van der Waals surface area contributed by atoms with Gasteiger partial charge in [-0.1, -0.05) is 17.7 Å². The number of benzene rings is 2. The summed E-state index contributed by atoms with van der Waals surface area (Å²) < 4.78 is 5.02. The largest absolute Gasteiger partial charge is 0.503 e. The van der Waals surface area contributed by atoms with E-state index in [0.29, 0.717) is 11.3 Å². The first-order valence-corrected chi connectivity index (χ1v) is 8.60. The van der Waals surface area contributed by atoms with Crippen LogP contribution in [0.5, 0.6) is 0 Å². The fourth-order valence-corrected chi connectivity index (χ4v) is 3.09. The molecular weight excluding hydrogens is 364 g/mol. The van der Waals surface area contributed by atoms with E-state index in [1.54, 1.807) is 31.2 Å². The summed E-state index contributed by atoms with van der Waals surface area (Å²) in [5.41, 5.74) is 1.57. The summed E-state index contributed by atoms with van der Waals surface area (Å²) in [7, 11) is 0. The number of rotatable bonds is 5. The van der Waals surface area contributed by atoms with Gasteiger partial charge in [-0.2, -0.15) is 0 Å². The molecule has 1 amide bonds. The molecular formula is C20H18N2O6. The van der Waals surface area contributed by atoms with Gasteiger partial charge in [0.15, 0.2) is 5.76 Å². The Hall–Kier alpha value is -3.68. The number of non-ortho nitro benzene ring substituents is 1. The van der Waals surface area contributed by atoms with E-state index in [2.05, 4.69) is 0 Å². The highest BCUT2D eigenvalue weighted by Crippen LogP contribution is 2.41. The molecule has 0 fully saturated rings. The average Bonchev–Trinajstić information content (AvgIpc) is 2.94. The Morgan fingerprint density at radius 2 is 1.79 bits per heavy atom. The molecule has 0 saturated heterocycles. The number of amides is 1. The number of carbonyl (C=O) groups is 2. The zero-order valence-corrected chi connectivity index (χ0v) is 15.3. The summed E-state index contributed by atoms with van der Waals surface area (Å²) in [4.78, 5) is 36.9. The van der Waals surface area contributed by atoms with E-state index in [1.165, 1.54) is 29.2 Å². The van der Waals surface area contributed by atoms with Crippen molar-refractivity contribution in [1.82, 2.24) is 0 Å². The molecule has 2 aromatic carbocycles. The van der Waals surface area contributed by atoms with Crippen LogP contribution in [-0.2, 0) is 14.3 Å². The van der Waals surface area contributed by atoms with Crippen molar-refractivity contribution in [2.45, 2.75) is 19.9 Å². The smallest absolute Gasteiger partial charge is 0.340 e. The zero-order valence-electron chi connectivity index (χ0n) is 15.3. The lowest BCUT2D eigenvalue weighted by Gasteiger charge is -2.26. The number of esters is 1. The summed E-state index contributed by atoms with van der Waals surface area (Å²) in [6.07, 6.45) is 0. The topological polar surface area (TPSA) is 110 Å². The Balaban J connectivity index is 2.13. The molecule has 0 unspecified atom stereocenters. The van der Waals surface area contributed by atoms with E-state index in [-0.39, 0.29) is 17.9 Å². The summed E-state index contributed by atoms with van der Waals surface area (Å²) in [5, 5.41) is 21.3. The molecule has 1 aliphatic heterocycles. The Morgan fingerprint density at radius 1 is 1.18 bits per heavy atom. The molecule has 144 valence electrons. The fourth-order valence-electron chi connectivity index (χ4n) is 3.09. The van der Waals surface area contributed by atoms with Crippen LogP contribution in [0.15, 0.2) is 59.9 Å². The maximum Gasteiger partial charge on any atom is 0.340 e. The molecule has 0 radical (unpaired) electrons. The van der Waals surface area contributed by atoms with E-state index < -0.39 is 28.6 Å². The van der Waals surface area contributed by atoms with Crippen molar-refractivity contribution >= 4 is 23.3 Å². The lowest BCUT2D eigenvalue weighted by molar-refractivity contribution is -0.384. The number of hydrogen-bond acceptors (Lipinski definition) is 6. The van der Waals surface area contributed by atoms with E-state index in [9.17, 15) is 24.8 Å². The summed E-state index contributed by atoms with van der Waals surface area (Å²) in [6, 6.07) is 11.5. The fraction of sp³-hybridized carbons (Fsp3) is 0.200. The van der Waals surface area contributed by atoms with Gasteiger partial charge in [0.25, 0.3) is 11.6 Å². The molecule has 2 aromatic rings. The third-order valence-electron chi connectivity index (χ3n) is 4.44. The molecule has 8 nitrogen and oxygen atoms in total. The first-order chi connectivity index (χ1) is 13.3. The van der Waals surface area contributed by atoms with E-state index >= 15 is 0 Å². The molecule has 0 bridgehead atoms. The SMILES string of the molecule is CCOC(=O)C1=C(O)C(=O)N(c2ccc(C)cc2)[C@H]1c1ccc([N+](=O)[O-])cc1. The molecule has 0 saturated carbocycles. The van der Waals surface area contributed by atoms with Crippen molar-refractivity contribution in [2.75, 3.05) is 11.5 Å². The van der Waals surface area contributed by atoms with Crippen molar-refractivity contribution in [1.29, 1.82) is 0 Å². The molecule has 0 aliphatic carbocycles. The molecule has 1 heterocycles. The monoisotopic (exact) mass is 382 g/mol. The number of aliphatic hydroxyl groups excluding tert-OH is 1. The van der Waals surface area contributed by atoms with E-state index in [0.717, 1.165) is 5.56 Å². The van der Waals surface area contributed by atoms with Crippen LogP contribution >= 0.6 is 0 Å². The number of aryl methyl sites for hydroxylation is 1. The van der Waals surface area contributed by atoms with Crippen LogP contribution in [-0.4, -0.2) is 28.5 Å². The van der Waals surface area contributed by atoms with Crippen LogP contribution < -0.4 is 4.90 Å². The highest BCUT2D eigenvalue weighted by Gasteiger charge is 2.45. The van der Waals surface area contributed by atoms with Gasteiger partial charge in [0, 0.05) is 17.8 Å². The van der Waals surface area contributed by atoms with Gasteiger partial charge in [-0.25, -0.2) is 4.79 Å². The first-order valence-electron chi connectivity index (χ1n) is 8.60. The van der Waals surface area contributed by atoms with Crippen LogP contribution in [0.3, 0.4) is 0 Å². The van der Waals surface area contributed by atoms with Gasteiger partial charge >= 0.3 is 5.97 Å². The quantitative estimate of drug-likeness (QED) is 0.482. The predicted octanol–water partition coefficient (Wildman–Crippen LogP) is 3.37. The zero-order chi connectivity index (χ0) is 20.4. The average molecular weight is 382 g/mol. The minimum absolute atomic E-state index is 0.0708. The molecule has 28 heavy (non-hydrogen) atoms. The van der Waals surface area contributed by atoms with Gasteiger partial charge in [0.1, 0.15) is 5.57 Å². The number of aliphatic hydroxyl groups is 1. The third-order valence-corrected chi connectivity index (χ3v) is 4.44. The predicted molar refractivity (Wildman–Crippen MR) is 101 cm³/mol. The van der Waals surface area contributed by atoms with Crippen LogP contribution in [0.1, 0.15) is 24.1 Å². The van der Waals surface area contributed by atoms with Gasteiger partial charge in [-0.3, -0.25) is 19.8 Å². The molecule has 1 atom stereocenters. The van der Waals surface area contributed by atoms with Gasteiger partial charge in [0.2, 0.25) is 0 Å². The van der Waals surface area contributed by atoms with E-state index in [1.807, 2.05) is 6.92 Å². The highest BCUT2D eigenvalue weighted by molar-refractivity contribution is 6.15. The number of nitro groups is 1. The summed E-state index contributed by atoms with van der Waals surface area (Å²) >= 11 is 0. The van der Waals surface area contributed by atoms with Crippen molar-refractivity contribution in [3.8, 4) is 0 Å². The Kier molecular flexibility index (Phi) is 5.12. The second-order valence-electron chi connectivity index (χ2n) is 6.24. The molecule has 1 N–H and O–H groups in total. The van der Waals surface area contributed by atoms with Crippen LogP contribution in [0.2, 0.25) is 0 Å². The van der Waals surface area contributed by atoms with E-state index in [4.69, 9.17) is 4.74 Å². The number of nitrogens with zero attached hydrogens (tertiary/aromatic N) is 2.